The number of nitrogens with zero attached hydrogens (tertiary/aromatic N) is 1. The lowest BCUT2D eigenvalue weighted by Crippen LogP contribution is -2.31. The second kappa shape index (κ2) is 12.4. The Balaban J connectivity index is 1.61. The zero-order chi connectivity index (χ0) is 29.7. The Kier molecular flexibility index (Phi) is 8.93. The monoisotopic (exact) mass is 580 g/mol. The summed E-state index contributed by atoms with van der Waals surface area (Å²) in [5, 5.41) is 18.8. The lowest BCUT2D eigenvalue weighted by atomic mass is 9.85. The standard InChI is InChI=1S/C30H27F3N4O3S/c1-4-19-10-7-9-17(2)27(19)37-28(39)25-18(3)35-29(20(15-34)26(25)23-13-8-14-40-23)41-16-24(38)36-22-12-6-5-11-21(22)30(31,32)33/h5-14,26,35H,4,16H2,1-3H3,(H,36,38)(H,37,39)/t26-/m0/s1. The number of anilines is 2. The molecule has 0 saturated carbocycles. The van der Waals surface area contributed by atoms with Crippen LogP contribution in [0.5, 0.6) is 0 Å². The lowest BCUT2D eigenvalue weighted by molar-refractivity contribution is -0.137. The van der Waals surface area contributed by atoms with Gasteiger partial charge in [0.25, 0.3) is 5.91 Å². The number of para-hydroxylation sites is 2. The zero-order valence-corrected chi connectivity index (χ0v) is 23.3. The molecule has 2 amide bonds. The Morgan fingerprint density at radius 1 is 1.07 bits per heavy atom. The molecule has 1 aromatic heterocycles. The second-order valence-electron chi connectivity index (χ2n) is 9.26. The highest BCUT2D eigenvalue weighted by Gasteiger charge is 2.37. The maximum absolute atomic E-state index is 13.7. The van der Waals surface area contributed by atoms with Crippen LogP contribution >= 0.6 is 11.8 Å². The summed E-state index contributed by atoms with van der Waals surface area (Å²) >= 11 is 0.947. The minimum Gasteiger partial charge on any atom is -0.468 e. The van der Waals surface area contributed by atoms with Crippen LogP contribution in [0.3, 0.4) is 0 Å². The summed E-state index contributed by atoms with van der Waals surface area (Å²) in [6.07, 6.45) is -2.50. The zero-order valence-electron chi connectivity index (χ0n) is 22.5. The number of nitrogens with one attached hydrogen (secondary N) is 3. The number of rotatable bonds is 8. The average Bonchev–Trinajstić information content (AvgIpc) is 3.47. The topological polar surface area (TPSA) is 107 Å². The number of amides is 2. The van der Waals surface area contributed by atoms with Crippen molar-refractivity contribution in [1.29, 1.82) is 5.26 Å². The van der Waals surface area contributed by atoms with Crippen LogP contribution in [0.4, 0.5) is 24.5 Å². The van der Waals surface area contributed by atoms with Gasteiger partial charge in [-0.15, -0.1) is 0 Å². The Bertz CT molecular complexity index is 1570. The van der Waals surface area contributed by atoms with Crippen molar-refractivity contribution < 1.29 is 27.2 Å². The summed E-state index contributed by atoms with van der Waals surface area (Å²) in [6.45, 7) is 5.56. The summed E-state index contributed by atoms with van der Waals surface area (Å²) in [6, 6.07) is 15.9. The molecule has 212 valence electrons. The highest BCUT2D eigenvalue weighted by atomic mass is 32.2. The summed E-state index contributed by atoms with van der Waals surface area (Å²) < 4.78 is 45.6. The van der Waals surface area contributed by atoms with Crippen LogP contribution in [-0.2, 0) is 22.2 Å². The Labute approximate surface area is 239 Å². The van der Waals surface area contributed by atoms with Gasteiger partial charge in [-0.2, -0.15) is 18.4 Å². The van der Waals surface area contributed by atoms with Crippen molar-refractivity contribution in [3.63, 3.8) is 0 Å². The molecule has 3 N–H and O–H groups in total. The average molecular weight is 581 g/mol. The fourth-order valence-electron chi connectivity index (χ4n) is 4.61. The SMILES string of the molecule is CCc1cccc(C)c1NC(=O)C1=C(C)NC(SCC(=O)Nc2ccccc2C(F)(F)F)=C(C#N)[C@H]1c1ccco1. The van der Waals surface area contributed by atoms with Crippen molar-refractivity contribution in [3.8, 4) is 6.07 Å². The number of dihydropyridines is 1. The molecule has 0 radical (unpaired) electrons. The summed E-state index contributed by atoms with van der Waals surface area (Å²) in [7, 11) is 0. The molecule has 3 aromatic rings. The maximum atomic E-state index is 13.7. The number of allylic oxidation sites excluding steroid dienone is 2. The first-order chi connectivity index (χ1) is 19.5. The molecule has 0 bridgehead atoms. The van der Waals surface area contributed by atoms with Crippen LogP contribution in [0.15, 0.2) is 87.1 Å². The number of carbonyl (C=O) groups excluding carboxylic acids is 2. The highest BCUT2D eigenvalue weighted by Crippen LogP contribution is 2.41. The predicted octanol–water partition coefficient (Wildman–Crippen LogP) is 6.88. The van der Waals surface area contributed by atoms with Crippen molar-refractivity contribution >= 4 is 35.0 Å². The number of thioether (sulfide) groups is 1. The molecule has 1 aliphatic rings. The molecule has 2 heterocycles. The minimum atomic E-state index is -4.64. The minimum absolute atomic E-state index is 0.143. The van der Waals surface area contributed by atoms with Crippen molar-refractivity contribution in [1.82, 2.24) is 5.32 Å². The first-order valence-electron chi connectivity index (χ1n) is 12.7. The van der Waals surface area contributed by atoms with E-state index >= 15 is 0 Å². The van der Waals surface area contributed by atoms with Gasteiger partial charge in [0.1, 0.15) is 5.76 Å². The molecule has 0 fully saturated rings. The number of hydrogen-bond acceptors (Lipinski definition) is 6. The molecule has 0 aliphatic carbocycles. The van der Waals surface area contributed by atoms with E-state index in [1.165, 1.54) is 24.5 Å². The van der Waals surface area contributed by atoms with Gasteiger partial charge in [-0.3, -0.25) is 9.59 Å². The molecule has 0 saturated heterocycles. The maximum Gasteiger partial charge on any atom is 0.418 e. The number of halogens is 3. The number of nitriles is 1. The smallest absolute Gasteiger partial charge is 0.418 e. The van der Waals surface area contributed by atoms with E-state index in [2.05, 4.69) is 22.0 Å². The molecule has 1 atom stereocenters. The third-order valence-electron chi connectivity index (χ3n) is 6.55. The Morgan fingerprint density at radius 2 is 1.83 bits per heavy atom. The van der Waals surface area contributed by atoms with Crippen molar-refractivity contribution in [2.75, 3.05) is 16.4 Å². The largest absolute Gasteiger partial charge is 0.468 e. The third-order valence-corrected chi connectivity index (χ3v) is 7.57. The van der Waals surface area contributed by atoms with E-state index in [1.54, 1.807) is 19.1 Å². The number of furan rings is 1. The van der Waals surface area contributed by atoms with Gasteiger partial charge in [0.15, 0.2) is 0 Å². The van der Waals surface area contributed by atoms with Gasteiger partial charge >= 0.3 is 6.18 Å². The molecule has 2 aromatic carbocycles. The molecule has 7 nitrogen and oxygen atoms in total. The number of hydrogen-bond donors (Lipinski definition) is 3. The van der Waals surface area contributed by atoms with Crippen LogP contribution in [0.25, 0.3) is 0 Å². The molecule has 11 heteroatoms. The van der Waals surface area contributed by atoms with E-state index in [9.17, 15) is 28.0 Å². The van der Waals surface area contributed by atoms with Gasteiger partial charge in [0.2, 0.25) is 5.91 Å². The van der Waals surface area contributed by atoms with Gasteiger partial charge in [-0.1, -0.05) is 49.0 Å². The van der Waals surface area contributed by atoms with Gasteiger partial charge in [-0.05, 0) is 55.7 Å². The number of alkyl halides is 3. The molecule has 4 rings (SSSR count). The van der Waals surface area contributed by atoms with Crippen molar-refractivity contribution in [3.05, 3.63) is 105 Å². The van der Waals surface area contributed by atoms with Crippen LogP contribution in [0.1, 0.15) is 42.2 Å². The molecular weight excluding hydrogens is 553 g/mol. The quantitative estimate of drug-likeness (QED) is 0.268. The Morgan fingerprint density at radius 3 is 2.49 bits per heavy atom. The summed E-state index contributed by atoms with van der Waals surface area (Å²) in [5.74, 6) is -1.91. The van der Waals surface area contributed by atoms with Crippen LogP contribution in [0, 0.1) is 18.3 Å². The van der Waals surface area contributed by atoms with E-state index in [0.717, 1.165) is 29.0 Å². The summed E-state index contributed by atoms with van der Waals surface area (Å²) in [4.78, 5) is 26.4. The van der Waals surface area contributed by atoms with E-state index in [4.69, 9.17) is 4.42 Å². The first-order valence-corrected chi connectivity index (χ1v) is 13.7. The van der Waals surface area contributed by atoms with Gasteiger partial charge in [0.05, 0.1) is 51.4 Å². The van der Waals surface area contributed by atoms with Crippen LogP contribution < -0.4 is 16.0 Å². The van der Waals surface area contributed by atoms with E-state index in [1.807, 2.05) is 32.0 Å². The van der Waals surface area contributed by atoms with E-state index in [-0.39, 0.29) is 22.6 Å². The molecule has 0 unspecified atom stereocenters. The number of carbonyl (C=O) groups is 2. The fraction of sp³-hybridized carbons (Fsp3) is 0.233. The highest BCUT2D eigenvalue weighted by molar-refractivity contribution is 8.03. The first kappa shape index (κ1) is 29.6. The third kappa shape index (κ3) is 6.49. The second-order valence-corrected chi connectivity index (χ2v) is 10.2. The molecule has 41 heavy (non-hydrogen) atoms. The fourth-order valence-corrected chi connectivity index (χ4v) is 5.51. The van der Waals surface area contributed by atoms with E-state index < -0.39 is 29.5 Å². The number of aryl methyl sites for hydroxylation is 2. The normalized spacial score (nSPS) is 15.3. The van der Waals surface area contributed by atoms with Crippen LogP contribution in [0.2, 0.25) is 0 Å². The van der Waals surface area contributed by atoms with Crippen molar-refractivity contribution in [2.45, 2.75) is 39.3 Å². The van der Waals surface area contributed by atoms with E-state index in [0.29, 0.717) is 28.6 Å². The molecule has 0 spiro atoms. The lowest BCUT2D eigenvalue weighted by Gasteiger charge is -2.28. The summed E-state index contributed by atoms with van der Waals surface area (Å²) in [5.41, 5.74) is 2.08. The van der Waals surface area contributed by atoms with Crippen LogP contribution in [-0.4, -0.2) is 17.6 Å². The predicted molar refractivity (Wildman–Crippen MR) is 152 cm³/mol. The number of benzene rings is 2. The van der Waals surface area contributed by atoms with Crippen molar-refractivity contribution in [2.24, 2.45) is 0 Å². The Hall–Kier alpha value is -4.43. The molecule has 1 aliphatic heterocycles. The van der Waals surface area contributed by atoms with Gasteiger partial charge < -0.3 is 20.4 Å². The van der Waals surface area contributed by atoms with Gasteiger partial charge in [0, 0.05) is 11.4 Å². The molecular formula is C30H27F3N4O3S. The van der Waals surface area contributed by atoms with Gasteiger partial charge in [-0.25, -0.2) is 0 Å².